The maximum absolute atomic E-state index is 9.83. The fraction of sp³-hybridized carbons (Fsp3) is 0.895. The first-order valence-electron chi connectivity index (χ1n) is 9.03. The van der Waals surface area contributed by atoms with Gasteiger partial charge in [0.25, 0.3) is 0 Å². The molecule has 0 radical (unpaired) electrons. The van der Waals surface area contributed by atoms with Crippen molar-refractivity contribution in [3.05, 3.63) is 0 Å². The zero-order valence-corrected chi connectivity index (χ0v) is 17.2. The third-order valence-corrected chi connectivity index (χ3v) is 12.0. The highest BCUT2D eigenvalue weighted by molar-refractivity contribution is 6.77. The van der Waals surface area contributed by atoms with E-state index in [1.54, 1.807) is 0 Å². The van der Waals surface area contributed by atoms with Gasteiger partial charge < -0.3 is 14.3 Å². The molecule has 5 atom stereocenters. The molecule has 0 spiro atoms. The molecule has 1 aliphatic rings. The van der Waals surface area contributed by atoms with Gasteiger partial charge in [0, 0.05) is 0 Å². The van der Waals surface area contributed by atoms with Crippen LogP contribution in [0, 0.1) is 24.2 Å². The molecule has 0 unspecified atom stereocenters. The third kappa shape index (κ3) is 3.84. The Hall–Kier alpha value is -0.343. The summed E-state index contributed by atoms with van der Waals surface area (Å²) >= 11 is 0. The van der Waals surface area contributed by atoms with Crippen LogP contribution in [0.25, 0.3) is 0 Å². The average molecular weight is 341 g/mol. The SMILES string of the molecule is C#C[C@H]1O[C@H](CO)[C@@H](O[Si](C(C)C)(C(C)C)C(C)C)[C@H](C)[C@@H]1C. The van der Waals surface area contributed by atoms with Crippen LogP contribution >= 0.6 is 0 Å². The number of aliphatic hydroxyl groups excluding tert-OH is 1. The summed E-state index contributed by atoms with van der Waals surface area (Å²) in [6.45, 7) is 17.9. The quantitative estimate of drug-likeness (QED) is 0.581. The molecule has 0 amide bonds. The second kappa shape index (κ2) is 8.16. The molecule has 23 heavy (non-hydrogen) atoms. The molecular weight excluding hydrogens is 304 g/mol. The van der Waals surface area contributed by atoms with Crippen molar-refractivity contribution in [3.8, 4) is 12.3 Å². The van der Waals surface area contributed by atoms with E-state index in [-0.39, 0.29) is 36.8 Å². The Balaban J connectivity index is 3.18. The number of ether oxygens (including phenoxy) is 1. The Morgan fingerprint density at radius 3 is 1.87 bits per heavy atom. The highest BCUT2D eigenvalue weighted by Crippen LogP contribution is 2.45. The van der Waals surface area contributed by atoms with Crippen molar-refractivity contribution in [2.75, 3.05) is 6.61 Å². The third-order valence-electron chi connectivity index (χ3n) is 5.90. The zero-order valence-electron chi connectivity index (χ0n) is 16.2. The van der Waals surface area contributed by atoms with E-state index in [9.17, 15) is 5.11 Å². The zero-order chi connectivity index (χ0) is 17.9. The molecule has 3 nitrogen and oxygen atoms in total. The minimum atomic E-state index is -2.02. The number of rotatable bonds is 6. The van der Waals surface area contributed by atoms with Gasteiger partial charge in [-0.3, -0.25) is 0 Å². The van der Waals surface area contributed by atoms with E-state index >= 15 is 0 Å². The van der Waals surface area contributed by atoms with Gasteiger partial charge in [-0.15, -0.1) is 6.42 Å². The van der Waals surface area contributed by atoms with Crippen LogP contribution in [0.2, 0.25) is 16.6 Å². The Labute approximate surface area is 144 Å². The smallest absolute Gasteiger partial charge is 0.200 e. The molecule has 1 fully saturated rings. The molecular formula is C19H36O3Si. The molecule has 0 aliphatic carbocycles. The van der Waals surface area contributed by atoms with Crippen molar-refractivity contribution in [1.82, 2.24) is 0 Å². The molecule has 1 saturated heterocycles. The van der Waals surface area contributed by atoms with Gasteiger partial charge in [-0.2, -0.15) is 0 Å². The summed E-state index contributed by atoms with van der Waals surface area (Å²) < 4.78 is 12.9. The van der Waals surface area contributed by atoms with Gasteiger partial charge in [0.15, 0.2) is 0 Å². The van der Waals surface area contributed by atoms with Crippen molar-refractivity contribution in [2.24, 2.45) is 11.8 Å². The average Bonchev–Trinajstić information content (AvgIpc) is 2.47. The van der Waals surface area contributed by atoms with E-state index in [2.05, 4.69) is 61.3 Å². The van der Waals surface area contributed by atoms with E-state index in [1.165, 1.54) is 0 Å². The molecule has 1 rings (SSSR count). The lowest BCUT2D eigenvalue weighted by atomic mass is 9.82. The summed E-state index contributed by atoms with van der Waals surface area (Å²) in [5.41, 5.74) is 1.53. The van der Waals surface area contributed by atoms with Crippen molar-refractivity contribution in [2.45, 2.75) is 90.3 Å². The first-order valence-corrected chi connectivity index (χ1v) is 11.2. The van der Waals surface area contributed by atoms with Crippen molar-refractivity contribution >= 4 is 8.32 Å². The molecule has 1 heterocycles. The molecule has 0 aromatic rings. The molecule has 0 aromatic heterocycles. The number of terminal acetylenes is 1. The Kier molecular flexibility index (Phi) is 7.34. The molecule has 0 bridgehead atoms. The van der Waals surface area contributed by atoms with Crippen LogP contribution in [0.4, 0.5) is 0 Å². The predicted octanol–water partition coefficient (Wildman–Crippen LogP) is 4.21. The lowest BCUT2D eigenvalue weighted by Gasteiger charge is -2.50. The van der Waals surface area contributed by atoms with Crippen LogP contribution in [0.5, 0.6) is 0 Å². The fourth-order valence-electron chi connectivity index (χ4n) is 4.47. The minimum Gasteiger partial charge on any atom is -0.410 e. The fourth-order valence-corrected chi connectivity index (χ4v) is 10.1. The van der Waals surface area contributed by atoms with Gasteiger partial charge in [-0.1, -0.05) is 61.3 Å². The largest absolute Gasteiger partial charge is 0.410 e. The first-order chi connectivity index (χ1) is 10.6. The maximum atomic E-state index is 9.83. The summed E-state index contributed by atoms with van der Waals surface area (Å²) in [5, 5.41) is 9.83. The second-order valence-electron chi connectivity index (χ2n) is 8.06. The number of hydrogen-bond acceptors (Lipinski definition) is 3. The summed E-state index contributed by atoms with van der Waals surface area (Å²) in [4.78, 5) is 0. The van der Waals surface area contributed by atoms with E-state index in [0.717, 1.165) is 0 Å². The standard InChI is InChI=1S/C19H36O3Si/c1-10-17-15(8)16(9)19(18(11-20)21-17)22-23(12(2)3,13(4)5)14(6)7/h1,12-20H,11H2,2-9H3/t15-,16+,17+,18+,19-/m0/s1. The van der Waals surface area contributed by atoms with Crippen LogP contribution in [0.1, 0.15) is 55.4 Å². The van der Waals surface area contributed by atoms with Crippen molar-refractivity contribution in [1.29, 1.82) is 0 Å². The molecule has 134 valence electrons. The topological polar surface area (TPSA) is 38.7 Å². The van der Waals surface area contributed by atoms with Crippen molar-refractivity contribution in [3.63, 3.8) is 0 Å². The molecule has 0 aromatic carbocycles. The maximum Gasteiger partial charge on any atom is 0.200 e. The summed E-state index contributed by atoms with van der Waals surface area (Å²) in [6.07, 6.45) is 4.95. The number of hydrogen-bond donors (Lipinski definition) is 1. The number of aliphatic hydroxyl groups is 1. The van der Waals surface area contributed by atoms with Gasteiger partial charge >= 0.3 is 0 Å². The molecule has 1 N–H and O–H groups in total. The predicted molar refractivity (Wildman–Crippen MR) is 98.8 cm³/mol. The van der Waals surface area contributed by atoms with Gasteiger partial charge in [-0.25, -0.2) is 0 Å². The van der Waals surface area contributed by atoms with E-state index in [1.807, 2.05) is 0 Å². The molecule has 4 heteroatoms. The van der Waals surface area contributed by atoms with Gasteiger partial charge in [-0.05, 0) is 28.5 Å². The minimum absolute atomic E-state index is 0.0430. The van der Waals surface area contributed by atoms with Crippen molar-refractivity contribution < 1.29 is 14.3 Å². The lowest BCUT2D eigenvalue weighted by molar-refractivity contribution is -0.157. The molecule has 1 aliphatic heterocycles. The highest BCUT2D eigenvalue weighted by atomic mass is 28.4. The Morgan fingerprint density at radius 1 is 1.04 bits per heavy atom. The van der Waals surface area contributed by atoms with E-state index in [0.29, 0.717) is 16.6 Å². The van der Waals surface area contributed by atoms with Crippen LogP contribution in [0.3, 0.4) is 0 Å². The Bertz CT molecular complexity index is 390. The van der Waals surface area contributed by atoms with Gasteiger partial charge in [0.1, 0.15) is 12.2 Å². The summed E-state index contributed by atoms with van der Waals surface area (Å²) in [5.74, 6) is 3.22. The summed E-state index contributed by atoms with van der Waals surface area (Å²) in [6, 6.07) is 0. The monoisotopic (exact) mass is 340 g/mol. The lowest BCUT2D eigenvalue weighted by Crippen LogP contribution is -2.59. The normalized spacial score (nSPS) is 32.6. The van der Waals surface area contributed by atoms with Crippen LogP contribution in [-0.4, -0.2) is 38.3 Å². The van der Waals surface area contributed by atoms with E-state index in [4.69, 9.17) is 15.6 Å². The van der Waals surface area contributed by atoms with Gasteiger partial charge in [0.2, 0.25) is 8.32 Å². The molecule has 0 saturated carbocycles. The Morgan fingerprint density at radius 2 is 1.52 bits per heavy atom. The van der Waals surface area contributed by atoms with Gasteiger partial charge in [0.05, 0.1) is 12.7 Å². The first kappa shape index (κ1) is 20.7. The van der Waals surface area contributed by atoms with Crippen LogP contribution < -0.4 is 0 Å². The van der Waals surface area contributed by atoms with Crippen LogP contribution in [0.15, 0.2) is 0 Å². The summed E-state index contributed by atoms with van der Waals surface area (Å²) in [7, 11) is -2.02. The highest BCUT2D eigenvalue weighted by Gasteiger charge is 2.51. The van der Waals surface area contributed by atoms with Crippen LogP contribution in [-0.2, 0) is 9.16 Å². The van der Waals surface area contributed by atoms with E-state index < -0.39 is 8.32 Å². The second-order valence-corrected chi connectivity index (χ2v) is 13.5.